The number of ether oxygens (including phenoxy) is 1. The van der Waals surface area contributed by atoms with Gasteiger partial charge in [-0.1, -0.05) is 42.5 Å². The van der Waals surface area contributed by atoms with E-state index in [4.69, 9.17) is 4.74 Å². The van der Waals surface area contributed by atoms with Crippen molar-refractivity contribution in [1.29, 1.82) is 0 Å². The molecule has 5 heteroatoms. The summed E-state index contributed by atoms with van der Waals surface area (Å²) in [6.07, 6.45) is 4.15. The molecule has 1 heterocycles. The summed E-state index contributed by atoms with van der Waals surface area (Å²) in [7, 11) is 0. The SMILES string of the molecule is CCOC(=O)C1[C@@H]2[C@H]3C=C[C@@H]([C@@H]4C(=O)N(Cc5ccccc5)C(=O)[C@H]34)[C@@H]12. The third-order valence-corrected chi connectivity index (χ3v) is 6.64. The first kappa shape index (κ1) is 15.8. The molecule has 0 radical (unpaired) electrons. The van der Waals surface area contributed by atoms with E-state index in [2.05, 4.69) is 12.2 Å². The first-order chi connectivity index (χ1) is 12.6. The van der Waals surface area contributed by atoms with Crippen LogP contribution in [0.2, 0.25) is 0 Å². The highest BCUT2D eigenvalue weighted by atomic mass is 16.5. The summed E-state index contributed by atoms with van der Waals surface area (Å²) in [6, 6.07) is 9.62. The minimum atomic E-state index is -0.304. The Bertz CT molecular complexity index is 779. The van der Waals surface area contributed by atoms with Crippen molar-refractivity contribution in [3.05, 3.63) is 48.0 Å². The number of carbonyl (C=O) groups excluding carboxylic acids is 3. The van der Waals surface area contributed by atoms with Gasteiger partial charge in [0.25, 0.3) is 0 Å². The van der Waals surface area contributed by atoms with Gasteiger partial charge in [0.05, 0.1) is 30.9 Å². The number of hydrogen-bond donors (Lipinski definition) is 0. The van der Waals surface area contributed by atoms with Crippen LogP contribution in [0.3, 0.4) is 0 Å². The summed E-state index contributed by atoms with van der Waals surface area (Å²) >= 11 is 0. The van der Waals surface area contributed by atoms with Crippen LogP contribution in [0.15, 0.2) is 42.5 Å². The molecule has 4 aliphatic carbocycles. The molecule has 2 saturated carbocycles. The van der Waals surface area contributed by atoms with E-state index in [1.165, 1.54) is 4.90 Å². The van der Waals surface area contributed by atoms with Gasteiger partial charge in [-0.2, -0.15) is 0 Å². The van der Waals surface area contributed by atoms with Gasteiger partial charge in [0.2, 0.25) is 11.8 Å². The largest absolute Gasteiger partial charge is 0.466 e. The number of amides is 2. The van der Waals surface area contributed by atoms with Gasteiger partial charge < -0.3 is 4.74 Å². The molecule has 0 aromatic heterocycles. The van der Waals surface area contributed by atoms with Gasteiger partial charge in [0.1, 0.15) is 0 Å². The van der Waals surface area contributed by atoms with Crippen molar-refractivity contribution in [2.24, 2.45) is 41.4 Å². The molecule has 5 nitrogen and oxygen atoms in total. The predicted molar refractivity (Wildman–Crippen MR) is 92.2 cm³/mol. The Morgan fingerprint density at radius 3 is 2.12 bits per heavy atom. The first-order valence-electron chi connectivity index (χ1n) is 9.37. The van der Waals surface area contributed by atoms with Gasteiger partial charge in [-0.25, -0.2) is 0 Å². The lowest BCUT2D eigenvalue weighted by atomic mass is 9.63. The smallest absolute Gasteiger partial charge is 0.309 e. The predicted octanol–water partition coefficient (Wildman–Crippen LogP) is 2.03. The Morgan fingerprint density at radius 2 is 1.58 bits per heavy atom. The first-order valence-corrected chi connectivity index (χ1v) is 9.37. The maximum absolute atomic E-state index is 13.1. The molecule has 26 heavy (non-hydrogen) atoms. The lowest BCUT2D eigenvalue weighted by molar-refractivity contribution is -0.146. The molecular weight excluding hydrogens is 330 g/mol. The number of carbonyl (C=O) groups is 3. The van der Waals surface area contributed by atoms with Crippen LogP contribution in [0.4, 0.5) is 0 Å². The lowest BCUT2D eigenvalue weighted by Crippen LogP contribution is -2.40. The number of hydrogen-bond acceptors (Lipinski definition) is 4. The third kappa shape index (κ3) is 2.00. The summed E-state index contributed by atoms with van der Waals surface area (Å²) in [5, 5.41) is 0. The number of allylic oxidation sites excluding steroid dienone is 2. The van der Waals surface area contributed by atoms with Gasteiger partial charge in [-0.15, -0.1) is 0 Å². The average Bonchev–Trinajstić information content (AvgIpc) is 3.38. The molecule has 6 rings (SSSR count). The van der Waals surface area contributed by atoms with Crippen molar-refractivity contribution in [1.82, 2.24) is 4.90 Å². The highest BCUT2D eigenvalue weighted by Crippen LogP contribution is 2.69. The van der Waals surface area contributed by atoms with E-state index in [9.17, 15) is 14.4 Å². The quantitative estimate of drug-likeness (QED) is 0.473. The normalized spacial score (nSPS) is 39.0. The highest BCUT2D eigenvalue weighted by Gasteiger charge is 2.73. The summed E-state index contributed by atoms with van der Waals surface area (Å²) < 4.78 is 5.21. The van der Waals surface area contributed by atoms with Crippen LogP contribution in [-0.4, -0.2) is 29.3 Å². The molecule has 2 amide bonds. The molecule has 2 bridgehead atoms. The minimum Gasteiger partial charge on any atom is -0.466 e. The van der Waals surface area contributed by atoms with Gasteiger partial charge in [-0.3, -0.25) is 19.3 Å². The molecule has 1 aliphatic heterocycles. The van der Waals surface area contributed by atoms with E-state index in [1.807, 2.05) is 30.3 Å². The number of imide groups is 1. The van der Waals surface area contributed by atoms with Crippen LogP contribution in [0, 0.1) is 41.4 Å². The maximum Gasteiger partial charge on any atom is 0.309 e. The van der Waals surface area contributed by atoms with Crippen LogP contribution >= 0.6 is 0 Å². The summed E-state index contributed by atoms with van der Waals surface area (Å²) in [6.45, 7) is 2.51. The molecule has 1 aromatic rings. The highest BCUT2D eigenvalue weighted by molar-refractivity contribution is 6.06. The monoisotopic (exact) mass is 351 g/mol. The number of esters is 1. The zero-order valence-corrected chi connectivity index (χ0v) is 14.6. The van der Waals surface area contributed by atoms with E-state index in [0.717, 1.165) is 5.56 Å². The van der Waals surface area contributed by atoms with E-state index >= 15 is 0 Å². The van der Waals surface area contributed by atoms with Gasteiger partial charge in [0, 0.05) is 0 Å². The van der Waals surface area contributed by atoms with E-state index in [-0.39, 0.29) is 59.2 Å². The standard InChI is InChI=1S/C21H21NO4/c1-2-26-21(25)18-14-12-8-9-13(15(14)18)17-16(12)19(23)22(20(17)24)10-11-6-4-3-5-7-11/h3-9,12-18H,2,10H2,1H3/t12-,13-,14-,15-,16-,17+,18?/m1/s1. The fourth-order valence-electron chi connectivity index (χ4n) is 5.64. The maximum atomic E-state index is 13.1. The Balaban J connectivity index is 1.41. The van der Waals surface area contributed by atoms with Gasteiger partial charge in [-0.05, 0) is 36.2 Å². The zero-order chi connectivity index (χ0) is 18.0. The number of likely N-dealkylation sites (tertiary alicyclic amines) is 1. The van der Waals surface area contributed by atoms with E-state index in [1.54, 1.807) is 6.92 Å². The fourth-order valence-corrected chi connectivity index (χ4v) is 5.64. The topological polar surface area (TPSA) is 63.7 Å². The molecule has 134 valence electrons. The molecule has 7 atom stereocenters. The van der Waals surface area contributed by atoms with Crippen molar-refractivity contribution in [3.63, 3.8) is 0 Å². The second-order valence-corrected chi connectivity index (χ2v) is 7.77. The molecular formula is C21H21NO4. The third-order valence-electron chi connectivity index (χ3n) is 6.64. The Labute approximate surface area is 152 Å². The number of benzene rings is 1. The van der Waals surface area contributed by atoms with Crippen molar-refractivity contribution < 1.29 is 19.1 Å². The Morgan fingerprint density at radius 1 is 1.00 bits per heavy atom. The molecule has 1 saturated heterocycles. The van der Waals surface area contributed by atoms with Crippen molar-refractivity contribution in [2.75, 3.05) is 6.61 Å². The lowest BCUT2D eigenvalue weighted by Gasteiger charge is -2.37. The number of nitrogens with zero attached hydrogens (tertiary/aromatic N) is 1. The zero-order valence-electron chi connectivity index (χ0n) is 14.6. The van der Waals surface area contributed by atoms with Crippen LogP contribution in [0.25, 0.3) is 0 Å². The Hall–Kier alpha value is -2.43. The molecule has 1 aromatic carbocycles. The summed E-state index contributed by atoms with van der Waals surface area (Å²) in [5.41, 5.74) is 0.961. The van der Waals surface area contributed by atoms with E-state index < -0.39 is 0 Å². The molecule has 5 aliphatic rings. The van der Waals surface area contributed by atoms with Crippen LogP contribution < -0.4 is 0 Å². The van der Waals surface area contributed by atoms with Gasteiger partial charge >= 0.3 is 5.97 Å². The fraction of sp³-hybridized carbons (Fsp3) is 0.476. The van der Waals surface area contributed by atoms with Crippen molar-refractivity contribution in [2.45, 2.75) is 13.5 Å². The summed E-state index contributed by atoms with van der Waals surface area (Å²) in [4.78, 5) is 39.8. The number of rotatable bonds is 4. The molecule has 1 unspecified atom stereocenters. The van der Waals surface area contributed by atoms with Crippen molar-refractivity contribution in [3.8, 4) is 0 Å². The Kier molecular flexibility index (Phi) is 3.36. The van der Waals surface area contributed by atoms with Crippen LogP contribution in [0.5, 0.6) is 0 Å². The van der Waals surface area contributed by atoms with Gasteiger partial charge in [0.15, 0.2) is 0 Å². The second kappa shape index (κ2) is 5.53. The molecule has 0 spiro atoms. The van der Waals surface area contributed by atoms with E-state index in [0.29, 0.717) is 13.2 Å². The van der Waals surface area contributed by atoms with Crippen LogP contribution in [0.1, 0.15) is 12.5 Å². The van der Waals surface area contributed by atoms with Crippen molar-refractivity contribution >= 4 is 17.8 Å². The molecule has 0 N–H and O–H groups in total. The average molecular weight is 351 g/mol. The molecule has 3 fully saturated rings. The summed E-state index contributed by atoms with van der Waals surface area (Å²) in [5.74, 6) is -0.757. The van der Waals surface area contributed by atoms with Crippen LogP contribution in [-0.2, 0) is 25.7 Å². The minimum absolute atomic E-state index is 0.0124. The second-order valence-electron chi connectivity index (χ2n) is 7.77.